The first kappa shape index (κ1) is 23.5. The molecule has 1 saturated heterocycles. The molecule has 7 heteroatoms. The molecule has 0 saturated carbocycles. The highest BCUT2D eigenvalue weighted by Gasteiger charge is 2.16. The zero-order valence-corrected chi connectivity index (χ0v) is 21.0. The third-order valence-electron chi connectivity index (χ3n) is 6.52. The molecule has 7 nitrogen and oxygen atoms in total. The molecular weight excluding hydrogens is 474 g/mol. The van der Waals surface area contributed by atoms with E-state index in [4.69, 9.17) is 9.72 Å². The van der Waals surface area contributed by atoms with E-state index in [1.54, 1.807) is 36.7 Å². The zero-order valence-electron chi connectivity index (χ0n) is 21.0. The summed E-state index contributed by atoms with van der Waals surface area (Å²) in [5.41, 5.74) is 6.07. The molecule has 3 aromatic carbocycles. The SMILES string of the molecule is Cc1cc(Nc2cccc(C(=O)Nc3cccc(Oc4ccncc4)c3)c2)c2cc(N3CCC3)ccc2n1. The minimum Gasteiger partial charge on any atom is -0.457 e. The van der Waals surface area contributed by atoms with Gasteiger partial charge in [-0.05, 0) is 80.1 Å². The summed E-state index contributed by atoms with van der Waals surface area (Å²) >= 11 is 0. The molecule has 1 fully saturated rings. The van der Waals surface area contributed by atoms with Crippen LogP contribution in [0, 0.1) is 6.92 Å². The van der Waals surface area contributed by atoms with E-state index in [0.717, 1.165) is 41.1 Å². The second-order valence-electron chi connectivity index (χ2n) is 9.33. The summed E-state index contributed by atoms with van der Waals surface area (Å²) in [4.78, 5) is 24.2. The number of fused-ring (bicyclic) bond motifs is 1. The van der Waals surface area contributed by atoms with Gasteiger partial charge in [-0.1, -0.05) is 12.1 Å². The van der Waals surface area contributed by atoms with Crippen LogP contribution in [0.5, 0.6) is 11.5 Å². The van der Waals surface area contributed by atoms with Crippen molar-refractivity contribution in [3.8, 4) is 11.5 Å². The molecule has 1 aliphatic heterocycles. The van der Waals surface area contributed by atoms with Crippen molar-refractivity contribution in [2.75, 3.05) is 28.6 Å². The molecule has 5 aromatic rings. The van der Waals surface area contributed by atoms with Crippen molar-refractivity contribution in [2.45, 2.75) is 13.3 Å². The van der Waals surface area contributed by atoms with Crippen LogP contribution in [0.2, 0.25) is 0 Å². The molecule has 2 aromatic heterocycles. The molecular formula is C31H27N5O2. The number of nitrogens with one attached hydrogen (secondary N) is 2. The van der Waals surface area contributed by atoms with Gasteiger partial charge in [0, 0.05) is 70.9 Å². The van der Waals surface area contributed by atoms with Crippen LogP contribution >= 0.6 is 0 Å². The molecule has 0 unspecified atom stereocenters. The van der Waals surface area contributed by atoms with Gasteiger partial charge in [0.25, 0.3) is 5.91 Å². The standard InChI is InChI=1S/C31H27N5O2/c1-21-17-30(28-20-25(36-15-4-16-36)9-10-29(28)33-21)34-23-6-2-5-22(18-23)31(37)35-24-7-3-8-27(19-24)38-26-11-13-32-14-12-26/h2-3,5-14,17-20H,4,15-16H2,1H3,(H,33,34)(H,35,37). The summed E-state index contributed by atoms with van der Waals surface area (Å²) in [6, 6.07) is 26.8. The van der Waals surface area contributed by atoms with E-state index in [-0.39, 0.29) is 5.91 Å². The smallest absolute Gasteiger partial charge is 0.255 e. The van der Waals surface area contributed by atoms with Crippen molar-refractivity contribution in [3.63, 3.8) is 0 Å². The molecule has 0 spiro atoms. The minimum atomic E-state index is -0.203. The van der Waals surface area contributed by atoms with E-state index in [1.165, 1.54) is 12.1 Å². The van der Waals surface area contributed by atoms with Gasteiger partial charge in [0.1, 0.15) is 11.5 Å². The minimum absolute atomic E-state index is 0.203. The monoisotopic (exact) mass is 501 g/mol. The Balaban J connectivity index is 1.21. The number of ether oxygens (including phenoxy) is 1. The van der Waals surface area contributed by atoms with E-state index < -0.39 is 0 Å². The number of hydrogen-bond donors (Lipinski definition) is 2. The Bertz CT molecular complexity index is 1620. The maximum absolute atomic E-state index is 13.1. The summed E-state index contributed by atoms with van der Waals surface area (Å²) in [5, 5.41) is 7.55. The number of carbonyl (C=O) groups excluding carboxylic acids is 1. The van der Waals surface area contributed by atoms with Crippen molar-refractivity contribution in [2.24, 2.45) is 0 Å². The van der Waals surface area contributed by atoms with Crippen LogP contribution in [-0.4, -0.2) is 29.0 Å². The maximum atomic E-state index is 13.1. The fourth-order valence-electron chi connectivity index (χ4n) is 4.50. The van der Waals surface area contributed by atoms with Gasteiger partial charge in [0.2, 0.25) is 0 Å². The van der Waals surface area contributed by atoms with Crippen LogP contribution in [0.25, 0.3) is 10.9 Å². The third-order valence-corrected chi connectivity index (χ3v) is 6.52. The normalized spacial score (nSPS) is 12.6. The molecule has 0 aliphatic carbocycles. The molecule has 1 amide bonds. The Hall–Kier alpha value is -4.91. The van der Waals surface area contributed by atoms with Gasteiger partial charge in [0.05, 0.1) is 5.52 Å². The highest BCUT2D eigenvalue weighted by molar-refractivity contribution is 6.05. The number of rotatable bonds is 7. The van der Waals surface area contributed by atoms with Crippen molar-refractivity contribution in [1.29, 1.82) is 0 Å². The Morgan fingerprint density at radius 2 is 1.68 bits per heavy atom. The Kier molecular flexibility index (Phi) is 6.32. The lowest BCUT2D eigenvalue weighted by Crippen LogP contribution is -2.36. The van der Waals surface area contributed by atoms with Crippen LogP contribution in [-0.2, 0) is 0 Å². The first-order valence-corrected chi connectivity index (χ1v) is 12.6. The summed E-state index contributed by atoms with van der Waals surface area (Å²) in [5.74, 6) is 1.10. The fraction of sp³-hybridized carbons (Fsp3) is 0.129. The largest absolute Gasteiger partial charge is 0.457 e. The van der Waals surface area contributed by atoms with Gasteiger partial charge < -0.3 is 20.3 Å². The predicted octanol–water partition coefficient (Wildman–Crippen LogP) is 6.94. The summed E-state index contributed by atoms with van der Waals surface area (Å²) in [7, 11) is 0. The summed E-state index contributed by atoms with van der Waals surface area (Å²) in [6.45, 7) is 4.16. The van der Waals surface area contributed by atoms with Crippen molar-refractivity contribution in [1.82, 2.24) is 9.97 Å². The lowest BCUT2D eigenvalue weighted by atomic mass is 10.1. The Morgan fingerprint density at radius 3 is 2.50 bits per heavy atom. The first-order chi connectivity index (χ1) is 18.6. The molecule has 2 N–H and O–H groups in total. The second-order valence-corrected chi connectivity index (χ2v) is 9.33. The van der Waals surface area contributed by atoms with Gasteiger partial charge in [-0.3, -0.25) is 14.8 Å². The van der Waals surface area contributed by atoms with Crippen LogP contribution in [0.3, 0.4) is 0 Å². The van der Waals surface area contributed by atoms with Crippen LogP contribution < -0.4 is 20.3 Å². The molecule has 0 atom stereocenters. The third kappa shape index (κ3) is 5.13. The maximum Gasteiger partial charge on any atom is 0.255 e. The molecule has 1 aliphatic rings. The number of anilines is 4. The number of aryl methyl sites for hydroxylation is 1. The lowest BCUT2D eigenvalue weighted by Gasteiger charge is -2.33. The fourth-order valence-corrected chi connectivity index (χ4v) is 4.50. The number of benzene rings is 3. The molecule has 38 heavy (non-hydrogen) atoms. The average Bonchev–Trinajstić information content (AvgIpc) is 2.89. The number of nitrogens with zero attached hydrogens (tertiary/aromatic N) is 3. The molecule has 0 bridgehead atoms. The van der Waals surface area contributed by atoms with Crippen molar-refractivity contribution < 1.29 is 9.53 Å². The van der Waals surface area contributed by atoms with Crippen LogP contribution in [0.15, 0.2) is 97.3 Å². The van der Waals surface area contributed by atoms with Crippen molar-refractivity contribution >= 4 is 39.6 Å². The molecule has 3 heterocycles. The van der Waals surface area contributed by atoms with E-state index in [0.29, 0.717) is 22.7 Å². The Labute approximate surface area is 221 Å². The van der Waals surface area contributed by atoms with Gasteiger partial charge >= 0.3 is 0 Å². The van der Waals surface area contributed by atoms with E-state index in [2.05, 4.69) is 38.7 Å². The number of hydrogen-bond acceptors (Lipinski definition) is 6. The van der Waals surface area contributed by atoms with Crippen LogP contribution in [0.1, 0.15) is 22.5 Å². The quantitative estimate of drug-likeness (QED) is 0.252. The highest BCUT2D eigenvalue weighted by atomic mass is 16.5. The van der Waals surface area contributed by atoms with Crippen molar-refractivity contribution in [3.05, 3.63) is 109 Å². The zero-order chi connectivity index (χ0) is 25.9. The number of carbonyl (C=O) groups is 1. The van der Waals surface area contributed by atoms with E-state index in [1.807, 2.05) is 49.4 Å². The Morgan fingerprint density at radius 1 is 0.868 bits per heavy atom. The second kappa shape index (κ2) is 10.2. The highest BCUT2D eigenvalue weighted by Crippen LogP contribution is 2.32. The molecule has 188 valence electrons. The topological polar surface area (TPSA) is 79.4 Å². The van der Waals surface area contributed by atoms with Gasteiger partial charge in [-0.2, -0.15) is 0 Å². The summed E-state index contributed by atoms with van der Waals surface area (Å²) in [6.07, 6.45) is 4.57. The van der Waals surface area contributed by atoms with E-state index >= 15 is 0 Å². The number of amides is 1. The van der Waals surface area contributed by atoms with E-state index in [9.17, 15) is 4.79 Å². The first-order valence-electron chi connectivity index (χ1n) is 12.6. The molecule has 0 radical (unpaired) electrons. The van der Waals surface area contributed by atoms with Gasteiger partial charge in [0.15, 0.2) is 0 Å². The summed E-state index contributed by atoms with van der Waals surface area (Å²) < 4.78 is 5.86. The average molecular weight is 502 g/mol. The predicted molar refractivity (Wildman–Crippen MR) is 152 cm³/mol. The lowest BCUT2D eigenvalue weighted by molar-refractivity contribution is 0.102. The van der Waals surface area contributed by atoms with Crippen LogP contribution in [0.4, 0.5) is 22.7 Å². The molecule has 6 rings (SSSR count). The van der Waals surface area contributed by atoms with Gasteiger partial charge in [-0.25, -0.2) is 0 Å². The van der Waals surface area contributed by atoms with Gasteiger partial charge in [-0.15, -0.1) is 0 Å². The number of aromatic nitrogens is 2. The number of pyridine rings is 2.